The van der Waals surface area contributed by atoms with Crippen molar-refractivity contribution in [3.8, 4) is 0 Å². The number of nitro benzene ring substituents is 1. The first kappa shape index (κ1) is 13.5. The Morgan fingerprint density at radius 2 is 1.95 bits per heavy atom. The van der Waals surface area contributed by atoms with Crippen LogP contribution in [0.5, 0.6) is 0 Å². The van der Waals surface area contributed by atoms with Crippen molar-refractivity contribution in [3.63, 3.8) is 0 Å². The van der Waals surface area contributed by atoms with Gasteiger partial charge in [-0.2, -0.15) is 0 Å². The number of nitrogens with zero attached hydrogens (tertiary/aromatic N) is 2. The first-order chi connectivity index (χ1) is 9.16. The number of aromatic nitrogens is 1. The lowest BCUT2D eigenvalue weighted by molar-refractivity contribution is -0.384. The quantitative estimate of drug-likeness (QED) is 0.674. The lowest BCUT2D eigenvalue weighted by Gasteiger charge is -2.06. The fourth-order valence-electron chi connectivity index (χ4n) is 1.65. The average Bonchev–Trinajstić information content (AvgIpc) is 2.42. The minimum absolute atomic E-state index is 0.0464. The van der Waals surface area contributed by atoms with Gasteiger partial charge >= 0.3 is 0 Å². The van der Waals surface area contributed by atoms with Crippen LogP contribution in [0, 0.1) is 10.1 Å². The van der Waals surface area contributed by atoms with Gasteiger partial charge in [-0.25, -0.2) is 0 Å². The lowest BCUT2D eigenvalue weighted by atomic mass is 10.2. The highest BCUT2D eigenvalue weighted by atomic mass is 35.5. The molecule has 19 heavy (non-hydrogen) atoms. The topological polar surface area (TPSA) is 68.1 Å². The first-order valence-electron chi connectivity index (χ1n) is 5.69. The molecular weight excluding hydrogens is 266 g/mol. The van der Waals surface area contributed by atoms with Crippen LogP contribution in [0.2, 0.25) is 5.02 Å². The normalized spacial score (nSPS) is 10.4. The molecule has 5 nitrogen and oxygen atoms in total. The average molecular weight is 278 g/mol. The fraction of sp³-hybridized carbons (Fsp3) is 0.154. The summed E-state index contributed by atoms with van der Waals surface area (Å²) in [6.45, 7) is 1.13. The van der Waals surface area contributed by atoms with Gasteiger partial charge in [-0.15, -0.1) is 0 Å². The number of pyridine rings is 1. The molecular formula is C13H12ClN3O2. The number of hydrogen-bond acceptors (Lipinski definition) is 4. The van der Waals surface area contributed by atoms with Gasteiger partial charge in [-0.05, 0) is 29.3 Å². The maximum Gasteiger partial charge on any atom is 0.269 e. The number of benzene rings is 1. The molecule has 0 atom stereocenters. The van der Waals surface area contributed by atoms with E-state index < -0.39 is 4.92 Å². The second-order valence-electron chi connectivity index (χ2n) is 3.99. The molecule has 1 N–H and O–H groups in total. The van der Waals surface area contributed by atoms with Crippen LogP contribution in [-0.2, 0) is 13.1 Å². The largest absolute Gasteiger partial charge is 0.309 e. The Balaban J connectivity index is 1.99. The van der Waals surface area contributed by atoms with Crippen molar-refractivity contribution < 1.29 is 4.92 Å². The van der Waals surface area contributed by atoms with Gasteiger partial charge in [0.15, 0.2) is 0 Å². The Labute approximate surface area is 115 Å². The van der Waals surface area contributed by atoms with Gasteiger partial charge in [-0.3, -0.25) is 15.1 Å². The van der Waals surface area contributed by atoms with Crippen molar-refractivity contribution in [2.24, 2.45) is 0 Å². The molecule has 98 valence electrons. The lowest BCUT2D eigenvalue weighted by Crippen LogP contribution is -2.13. The number of nitrogens with one attached hydrogen (secondary N) is 1. The molecule has 1 aromatic carbocycles. The summed E-state index contributed by atoms with van der Waals surface area (Å²) in [5.41, 5.74) is 1.85. The van der Waals surface area contributed by atoms with Gasteiger partial charge in [0.1, 0.15) is 0 Å². The SMILES string of the molecule is O=[N+]([O-])c1ccc(Cl)c(CNCc2ccncc2)c1. The molecule has 0 aliphatic heterocycles. The molecule has 0 radical (unpaired) electrons. The summed E-state index contributed by atoms with van der Waals surface area (Å²) in [6, 6.07) is 8.24. The number of halogens is 1. The van der Waals surface area contributed by atoms with Gasteiger partial charge in [0.2, 0.25) is 0 Å². The molecule has 1 aromatic heterocycles. The molecule has 0 saturated heterocycles. The molecule has 0 fully saturated rings. The first-order valence-corrected chi connectivity index (χ1v) is 6.07. The van der Waals surface area contributed by atoms with E-state index in [2.05, 4.69) is 10.3 Å². The van der Waals surface area contributed by atoms with E-state index in [9.17, 15) is 10.1 Å². The zero-order valence-corrected chi connectivity index (χ0v) is 10.8. The second kappa shape index (κ2) is 6.26. The molecule has 0 unspecified atom stereocenters. The van der Waals surface area contributed by atoms with Crippen LogP contribution in [0.15, 0.2) is 42.7 Å². The Bertz CT molecular complexity index is 575. The van der Waals surface area contributed by atoms with E-state index in [4.69, 9.17) is 11.6 Å². The zero-order valence-electron chi connectivity index (χ0n) is 10.0. The molecule has 0 bridgehead atoms. The molecule has 0 amide bonds. The van der Waals surface area contributed by atoms with E-state index in [0.717, 1.165) is 5.56 Å². The molecule has 1 heterocycles. The van der Waals surface area contributed by atoms with Crippen molar-refractivity contribution in [1.82, 2.24) is 10.3 Å². The third-order valence-electron chi connectivity index (χ3n) is 2.63. The standard InChI is InChI=1S/C13H12ClN3O2/c14-13-2-1-12(17(18)19)7-11(13)9-16-8-10-3-5-15-6-4-10/h1-7,16H,8-9H2. The fourth-order valence-corrected chi connectivity index (χ4v) is 1.84. The Hall–Kier alpha value is -1.98. The number of non-ortho nitro benzene ring substituents is 1. The number of nitro groups is 1. The summed E-state index contributed by atoms with van der Waals surface area (Å²) in [5.74, 6) is 0. The smallest absolute Gasteiger partial charge is 0.269 e. The maximum atomic E-state index is 10.7. The van der Waals surface area contributed by atoms with Crippen molar-refractivity contribution in [1.29, 1.82) is 0 Å². The van der Waals surface area contributed by atoms with Gasteiger partial charge in [-0.1, -0.05) is 11.6 Å². The summed E-state index contributed by atoms with van der Waals surface area (Å²) in [6.07, 6.45) is 3.44. The van der Waals surface area contributed by atoms with Crippen LogP contribution < -0.4 is 5.32 Å². The Morgan fingerprint density at radius 1 is 1.21 bits per heavy atom. The summed E-state index contributed by atoms with van der Waals surface area (Å²) in [4.78, 5) is 14.2. The van der Waals surface area contributed by atoms with Crippen LogP contribution in [0.4, 0.5) is 5.69 Å². The predicted molar refractivity (Wildman–Crippen MR) is 72.9 cm³/mol. The molecule has 2 aromatic rings. The monoisotopic (exact) mass is 277 g/mol. The van der Waals surface area contributed by atoms with E-state index in [1.807, 2.05) is 12.1 Å². The summed E-state index contributed by atoms with van der Waals surface area (Å²) in [5, 5.41) is 14.4. The highest BCUT2D eigenvalue weighted by molar-refractivity contribution is 6.31. The summed E-state index contributed by atoms with van der Waals surface area (Å²) < 4.78 is 0. The van der Waals surface area contributed by atoms with Crippen LogP contribution in [0.25, 0.3) is 0 Å². The molecule has 0 aliphatic rings. The second-order valence-corrected chi connectivity index (χ2v) is 4.40. The van der Waals surface area contributed by atoms with Gasteiger partial charge in [0.05, 0.1) is 4.92 Å². The van der Waals surface area contributed by atoms with E-state index in [0.29, 0.717) is 23.7 Å². The Morgan fingerprint density at radius 3 is 2.63 bits per heavy atom. The molecule has 0 saturated carbocycles. The number of rotatable bonds is 5. The van der Waals surface area contributed by atoms with Gasteiger partial charge < -0.3 is 5.32 Å². The van der Waals surface area contributed by atoms with Crippen LogP contribution in [0.1, 0.15) is 11.1 Å². The van der Waals surface area contributed by atoms with Gasteiger partial charge in [0, 0.05) is 42.6 Å². The molecule has 0 aliphatic carbocycles. The molecule has 6 heteroatoms. The third-order valence-corrected chi connectivity index (χ3v) is 3.00. The predicted octanol–water partition coefficient (Wildman–Crippen LogP) is 2.93. The Kier molecular flexibility index (Phi) is 4.43. The summed E-state index contributed by atoms with van der Waals surface area (Å²) >= 11 is 6.01. The minimum Gasteiger partial charge on any atom is -0.309 e. The summed E-state index contributed by atoms with van der Waals surface area (Å²) in [7, 11) is 0. The molecule has 2 rings (SSSR count). The highest BCUT2D eigenvalue weighted by Crippen LogP contribution is 2.21. The van der Waals surface area contributed by atoms with Crippen LogP contribution >= 0.6 is 11.6 Å². The zero-order chi connectivity index (χ0) is 13.7. The van der Waals surface area contributed by atoms with E-state index in [-0.39, 0.29) is 5.69 Å². The van der Waals surface area contributed by atoms with E-state index >= 15 is 0 Å². The van der Waals surface area contributed by atoms with Crippen molar-refractivity contribution in [2.45, 2.75) is 13.1 Å². The maximum absolute atomic E-state index is 10.7. The van der Waals surface area contributed by atoms with Crippen molar-refractivity contribution in [3.05, 3.63) is 69.0 Å². The van der Waals surface area contributed by atoms with Crippen LogP contribution in [-0.4, -0.2) is 9.91 Å². The minimum atomic E-state index is -0.428. The van der Waals surface area contributed by atoms with Crippen molar-refractivity contribution >= 4 is 17.3 Å². The van der Waals surface area contributed by atoms with Crippen LogP contribution in [0.3, 0.4) is 0 Å². The van der Waals surface area contributed by atoms with E-state index in [1.165, 1.54) is 12.1 Å². The van der Waals surface area contributed by atoms with Gasteiger partial charge in [0.25, 0.3) is 5.69 Å². The van der Waals surface area contributed by atoms with E-state index in [1.54, 1.807) is 18.5 Å². The molecule has 0 spiro atoms. The third kappa shape index (κ3) is 3.74. The van der Waals surface area contributed by atoms with Crippen molar-refractivity contribution in [2.75, 3.05) is 0 Å². The highest BCUT2D eigenvalue weighted by Gasteiger charge is 2.09. The number of hydrogen-bond donors (Lipinski definition) is 1.